The number of oxazole rings is 1. The molecule has 17 heavy (non-hydrogen) atoms. The van der Waals surface area contributed by atoms with Crippen LogP contribution in [0, 0.1) is 12.8 Å². The summed E-state index contributed by atoms with van der Waals surface area (Å²) >= 11 is 0. The largest absolute Gasteiger partial charge is 0.440 e. The highest BCUT2D eigenvalue weighted by molar-refractivity contribution is 5.73. The van der Waals surface area contributed by atoms with Crippen LogP contribution in [0.4, 0.5) is 0 Å². The van der Waals surface area contributed by atoms with Crippen molar-refractivity contribution in [1.82, 2.24) is 10.3 Å². The number of hydrogen-bond acceptors (Lipinski definition) is 3. The first-order valence-electron chi connectivity index (χ1n) is 6.32. The number of aryl methyl sites for hydroxylation is 1. The van der Waals surface area contributed by atoms with Gasteiger partial charge in [0.15, 0.2) is 11.5 Å². The van der Waals surface area contributed by atoms with Gasteiger partial charge in [0.2, 0.25) is 0 Å². The van der Waals surface area contributed by atoms with Crippen molar-refractivity contribution in [1.29, 1.82) is 0 Å². The van der Waals surface area contributed by atoms with E-state index in [9.17, 15) is 0 Å². The van der Waals surface area contributed by atoms with E-state index in [0.29, 0.717) is 11.8 Å². The lowest BCUT2D eigenvalue weighted by molar-refractivity contribution is 0.303. The number of piperidine rings is 1. The molecule has 0 spiro atoms. The van der Waals surface area contributed by atoms with E-state index in [4.69, 9.17) is 4.42 Å². The second-order valence-electron chi connectivity index (χ2n) is 5.10. The molecule has 2 atom stereocenters. The fourth-order valence-electron chi connectivity index (χ4n) is 2.59. The molecule has 0 aliphatic carbocycles. The van der Waals surface area contributed by atoms with Crippen LogP contribution in [0.3, 0.4) is 0 Å². The predicted octanol–water partition coefficient (Wildman–Crippen LogP) is 2.85. The Kier molecular flexibility index (Phi) is 2.63. The summed E-state index contributed by atoms with van der Waals surface area (Å²) in [5.74, 6) is 1.97. The van der Waals surface area contributed by atoms with E-state index in [1.165, 1.54) is 5.56 Å². The highest BCUT2D eigenvalue weighted by Gasteiger charge is 2.26. The van der Waals surface area contributed by atoms with Crippen molar-refractivity contribution in [2.24, 2.45) is 5.92 Å². The number of benzene rings is 1. The Balaban J connectivity index is 1.99. The lowest BCUT2D eigenvalue weighted by atomic mass is 9.88. The Labute approximate surface area is 101 Å². The second-order valence-corrected chi connectivity index (χ2v) is 5.10. The molecule has 1 saturated heterocycles. The average Bonchev–Trinajstić information content (AvgIpc) is 2.72. The standard InChI is InChI=1S/C14H18N2O/c1-9-3-4-13-12(7-9)16-14(17-13)11-5-6-15-8-10(11)2/h3-4,7,10-11,15H,5-6,8H2,1-2H3. The van der Waals surface area contributed by atoms with E-state index < -0.39 is 0 Å². The summed E-state index contributed by atoms with van der Waals surface area (Å²) in [6, 6.07) is 6.18. The Morgan fingerprint density at radius 1 is 1.41 bits per heavy atom. The molecule has 0 bridgehead atoms. The van der Waals surface area contributed by atoms with Crippen molar-refractivity contribution in [3.8, 4) is 0 Å². The van der Waals surface area contributed by atoms with Crippen LogP contribution in [-0.2, 0) is 0 Å². The van der Waals surface area contributed by atoms with Crippen LogP contribution in [0.25, 0.3) is 11.1 Å². The minimum absolute atomic E-state index is 0.462. The van der Waals surface area contributed by atoms with Gasteiger partial charge < -0.3 is 9.73 Å². The first-order chi connectivity index (χ1) is 8.24. The molecule has 90 valence electrons. The normalized spacial score (nSPS) is 25.3. The molecule has 0 radical (unpaired) electrons. The SMILES string of the molecule is Cc1ccc2oc(C3CCNCC3C)nc2c1. The van der Waals surface area contributed by atoms with Gasteiger partial charge in [-0.15, -0.1) is 0 Å². The van der Waals surface area contributed by atoms with Crippen molar-refractivity contribution in [3.63, 3.8) is 0 Å². The maximum atomic E-state index is 5.89. The fourth-order valence-corrected chi connectivity index (χ4v) is 2.59. The third kappa shape index (κ3) is 1.95. The maximum Gasteiger partial charge on any atom is 0.198 e. The highest BCUT2D eigenvalue weighted by atomic mass is 16.3. The van der Waals surface area contributed by atoms with Crippen molar-refractivity contribution in [2.75, 3.05) is 13.1 Å². The van der Waals surface area contributed by atoms with Gasteiger partial charge in [-0.2, -0.15) is 0 Å². The molecule has 1 N–H and O–H groups in total. The van der Waals surface area contributed by atoms with Crippen molar-refractivity contribution in [2.45, 2.75) is 26.2 Å². The second kappa shape index (κ2) is 4.15. The summed E-state index contributed by atoms with van der Waals surface area (Å²) in [6.45, 7) is 6.47. The van der Waals surface area contributed by atoms with E-state index in [0.717, 1.165) is 36.5 Å². The lowest BCUT2D eigenvalue weighted by Crippen LogP contribution is -2.33. The van der Waals surface area contributed by atoms with Crippen LogP contribution in [0.5, 0.6) is 0 Å². The fraction of sp³-hybridized carbons (Fsp3) is 0.500. The summed E-state index contributed by atoms with van der Waals surface area (Å²) in [5.41, 5.74) is 3.14. The van der Waals surface area contributed by atoms with Gasteiger partial charge in [0.05, 0.1) is 0 Å². The van der Waals surface area contributed by atoms with Gasteiger partial charge in [0, 0.05) is 5.92 Å². The van der Waals surface area contributed by atoms with Crippen LogP contribution in [0.1, 0.15) is 30.7 Å². The van der Waals surface area contributed by atoms with Gasteiger partial charge in [-0.05, 0) is 50.0 Å². The zero-order valence-corrected chi connectivity index (χ0v) is 10.4. The molecule has 3 rings (SSSR count). The quantitative estimate of drug-likeness (QED) is 0.818. The number of hydrogen-bond donors (Lipinski definition) is 1. The molecule has 0 saturated carbocycles. The van der Waals surface area contributed by atoms with Gasteiger partial charge >= 0.3 is 0 Å². The number of aromatic nitrogens is 1. The molecule has 3 heteroatoms. The average molecular weight is 230 g/mol. The maximum absolute atomic E-state index is 5.89. The zero-order valence-electron chi connectivity index (χ0n) is 10.4. The Morgan fingerprint density at radius 2 is 2.29 bits per heavy atom. The van der Waals surface area contributed by atoms with E-state index >= 15 is 0 Å². The van der Waals surface area contributed by atoms with E-state index in [1.54, 1.807) is 0 Å². The van der Waals surface area contributed by atoms with Crippen LogP contribution in [-0.4, -0.2) is 18.1 Å². The molecule has 1 aromatic heterocycles. The number of rotatable bonds is 1. The number of nitrogens with one attached hydrogen (secondary N) is 1. The number of nitrogens with zero attached hydrogens (tertiary/aromatic N) is 1. The third-order valence-electron chi connectivity index (χ3n) is 3.66. The third-order valence-corrected chi connectivity index (χ3v) is 3.66. The molecular weight excluding hydrogens is 212 g/mol. The van der Waals surface area contributed by atoms with Gasteiger partial charge in [-0.3, -0.25) is 0 Å². The predicted molar refractivity (Wildman–Crippen MR) is 68.1 cm³/mol. The molecule has 2 aromatic rings. The molecule has 2 heterocycles. The molecular formula is C14H18N2O. The van der Waals surface area contributed by atoms with Crippen molar-refractivity contribution >= 4 is 11.1 Å². The first-order valence-corrected chi connectivity index (χ1v) is 6.32. The van der Waals surface area contributed by atoms with Gasteiger partial charge in [-0.25, -0.2) is 4.98 Å². The summed E-state index contributed by atoms with van der Waals surface area (Å²) in [4.78, 5) is 4.65. The Bertz CT molecular complexity index is 532. The molecule has 1 aromatic carbocycles. The van der Waals surface area contributed by atoms with Crippen LogP contribution in [0.15, 0.2) is 22.6 Å². The van der Waals surface area contributed by atoms with E-state index in [-0.39, 0.29) is 0 Å². The minimum Gasteiger partial charge on any atom is -0.440 e. The molecule has 2 unspecified atom stereocenters. The van der Waals surface area contributed by atoms with Crippen molar-refractivity contribution in [3.05, 3.63) is 29.7 Å². The first kappa shape index (κ1) is 10.8. The molecule has 1 aliphatic rings. The van der Waals surface area contributed by atoms with Crippen molar-refractivity contribution < 1.29 is 4.42 Å². The smallest absolute Gasteiger partial charge is 0.198 e. The van der Waals surface area contributed by atoms with Gasteiger partial charge in [0.1, 0.15) is 5.52 Å². The Hall–Kier alpha value is -1.35. The summed E-state index contributed by atoms with van der Waals surface area (Å²) in [7, 11) is 0. The molecule has 1 fully saturated rings. The summed E-state index contributed by atoms with van der Waals surface area (Å²) in [6.07, 6.45) is 1.12. The monoisotopic (exact) mass is 230 g/mol. The van der Waals surface area contributed by atoms with Gasteiger partial charge in [0.25, 0.3) is 0 Å². The van der Waals surface area contributed by atoms with E-state index in [1.807, 2.05) is 6.07 Å². The number of fused-ring (bicyclic) bond motifs is 1. The van der Waals surface area contributed by atoms with Crippen LogP contribution in [0.2, 0.25) is 0 Å². The van der Waals surface area contributed by atoms with Gasteiger partial charge in [-0.1, -0.05) is 13.0 Å². The summed E-state index contributed by atoms with van der Waals surface area (Å²) < 4.78 is 5.89. The molecule has 1 aliphatic heterocycles. The molecule has 0 amide bonds. The lowest BCUT2D eigenvalue weighted by Gasteiger charge is -2.26. The van der Waals surface area contributed by atoms with E-state index in [2.05, 4.69) is 36.3 Å². The highest BCUT2D eigenvalue weighted by Crippen LogP contribution is 2.31. The zero-order chi connectivity index (χ0) is 11.8. The topological polar surface area (TPSA) is 38.1 Å². The summed E-state index contributed by atoms with van der Waals surface area (Å²) in [5, 5.41) is 3.41. The van der Waals surface area contributed by atoms with Crippen LogP contribution < -0.4 is 5.32 Å². The Morgan fingerprint density at radius 3 is 3.12 bits per heavy atom. The molecule has 3 nitrogen and oxygen atoms in total. The minimum atomic E-state index is 0.462. The van der Waals surface area contributed by atoms with Crippen LogP contribution >= 0.6 is 0 Å².